The van der Waals surface area contributed by atoms with Crippen molar-refractivity contribution in [1.82, 2.24) is 9.78 Å². The lowest BCUT2D eigenvalue weighted by Crippen LogP contribution is -2.13. The number of nitrogens with zero attached hydrogens (tertiary/aromatic N) is 2. The minimum absolute atomic E-state index is 0.113. The van der Waals surface area contributed by atoms with Crippen molar-refractivity contribution in [2.24, 2.45) is 0 Å². The van der Waals surface area contributed by atoms with Crippen molar-refractivity contribution in [2.45, 2.75) is 33.1 Å². The molecule has 2 rings (SSSR count). The molecular formula is C14H19N3. The maximum absolute atomic E-state index is 6.15. The van der Waals surface area contributed by atoms with Gasteiger partial charge in [-0.1, -0.05) is 26.8 Å². The molecule has 17 heavy (non-hydrogen) atoms. The summed E-state index contributed by atoms with van der Waals surface area (Å²) >= 11 is 0. The second-order valence-electron chi connectivity index (χ2n) is 5.43. The fraction of sp³-hybridized carbons (Fsp3) is 0.357. The number of nitrogens with two attached hydrogens (primary N) is 1. The van der Waals surface area contributed by atoms with Crippen molar-refractivity contribution in [2.75, 3.05) is 5.73 Å². The monoisotopic (exact) mass is 229 g/mol. The first kappa shape index (κ1) is 11.7. The second kappa shape index (κ2) is 3.91. The van der Waals surface area contributed by atoms with Crippen LogP contribution in [-0.2, 0) is 5.41 Å². The van der Waals surface area contributed by atoms with Crippen LogP contribution in [0.1, 0.15) is 31.9 Å². The summed E-state index contributed by atoms with van der Waals surface area (Å²) in [5, 5.41) is 4.24. The van der Waals surface area contributed by atoms with Gasteiger partial charge in [-0.25, -0.2) is 4.68 Å². The van der Waals surface area contributed by atoms with Crippen LogP contribution in [0.2, 0.25) is 0 Å². The van der Waals surface area contributed by atoms with E-state index in [4.69, 9.17) is 5.73 Å². The summed E-state index contributed by atoms with van der Waals surface area (Å²) in [5.74, 6) is 0. The van der Waals surface area contributed by atoms with Gasteiger partial charge in [-0.15, -0.1) is 0 Å². The zero-order valence-electron chi connectivity index (χ0n) is 10.9. The molecule has 0 aliphatic rings. The Labute approximate surface area is 102 Å². The summed E-state index contributed by atoms with van der Waals surface area (Å²) in [5.41, 5.74) is 10.4. The van der Waals surface area contributed by atoms with Crippen LogP contribution in [0.5, 0.6) is 0 Å². The Morgan fingerprint density at radius 2 is 1.94 bits per heavy atom. The molecule has 0 spiro atoms. The molecule has 0 bridgehead atoms. The molecule has 0 radical (unpaired) electrons. The fourth-order valence-electron chi connectivity index (χ4n) is 1.95. The molecule has 0 atom stereocenters. The molecule has 0 saturated carbocycles. The van der Waals surface area contributed by atoms with Crippen LogP contribution in [0.3, 0.4) is 0 Å². The van der Waals surface area contributed by atoms with E-state index in [1.54, 1.807) is 6.20 Å². The van der Waals surface area contributed by atoms with Gasteiger partial charge in [-0.3, -0.25) is 0 Å². The van der Waals surface area contributed by atoms with Crippen LogP contribution in [0, 0.1) is 6.92 Å². The van der Waals surface area contributed by atoms with Gasteiger partial charge in [0.05, 0.1) is 11.4 Å². The van der Waals surface area contributed by atoms with Gasteiger partial charge in [0.15, 0.2) is 0 Å². The Kier molecular flexibility index (Phi) is 2.69. The van der Waals surface area contributed by atoms with Gasteiger partial charge < -0.3 is 5.73 Å². The Hall–Kier alpha value is -1.77. The number of hydrogen-bond donors (Lipinski definition) is 1. The van der Waals surface area contributed by atoms with E-state index in [1.807, 2.05) is 23.0 Å². The van der Waals surface area contributed by atoms with Gasteiger partial charge >= 0.3 is 0 Å². The van der Waals surface area contributed by atoms with Gasteiger partial charge in [-0.05, 0) is 35.6 Å². The third kappa shape index (κ3) is 2.18. The average Bonchev–Trinajstić information content (AvgIpc) is 2.68. The lowest BCUT2D eigenvalue weighted by Gasteiger charge is -2.22. The molecule has 1 heterocycles. The smallest absolute Gasteiger partial charge is 0.0904 e. The SMILES string of the molecule is Cc1cc(C(C)(C)C)cc(N)c1-n1cccn1. The third-order valence-electron chi connectivity index (χ3n) is 2.93. The summed E-state index contributed by atoms with van der Waals surface area (Å²) in [6.07, 6.45) is 3.67. The van der Waals surface area contributed by atoms with Crippen LogP contribution in [-0.4, -0.2) is 9.78 Å². The first-order valence-corrected chi connectivity index (χ1v) is 5.80. The standard InChI is InChI=1S/C14H19N3/c1-10-8-11(14(2,3)4)9-12(15)13(10)17-7-5-6-16-17/h5-9H,15H2,1-4H3. The van der Waals surface area contributed by atoms with Crippen LogP contribution in [0.15, 0.2) is 30.6 Å². The van der Waals surface area contributed by atoms with E-state index in [9.17, 15) is 0 Å². The molecule has 2 N–H and O–H groups in total. The molecule has 90 valence electrons. The number of aryl methyl sites for hydroxylation is 1. The van der Waals surface area contributed by atoms with Gasteiger partial charge in [0, 0.05) is 12.4 Å². The van der Waals surface area contributed by atoms with Crippen LogP contribution in [0.4, 0.5) is 5.69 Å². The van der Waals surface area contributed by atoms with Crippen molar-refractivity contribution in [3.05, 3.63) is 41.7 Å². The maximum Gasteiger partial charge on any atom is 0.0904 e. The lowest BCUT2D eigenvalue weighted by atomic mass is 9.85. The summed E-state index contributed by atoms with van der Waals surface area (Å²) in [4.78, 5) is 0. The first-order chi connectivity index (χ1) is 7.89. The molecule has 1 aromatic carbocycles. The zero-order valence-corrected chi connectivity index (χ0v) is 10.9. The van der Waals surface area contributed by atoms with Crippen molar-refractivity contribution >= 4 is 5.69 Å². The molecule has 2 aromatic rings. The van der Waals surface area contributed by atoms with E-state index in [0.717, 1.165) is 16.9 Å². The molecule has 0 fully saturated rings. The lowest BCUT2D eigenvalue weighted by molar-refractivity contribution is 0.589. The number of aromatic nitrogens is 2. The predicted molar refractivity (Wildman–Crippen MR) is 71.4 cm³/mol. The highest BCUT2D eigenvalue weighted by molar-refractivity contribution is 5.63. The van der Waals surface area contributed by atoms with Gasteiger partial charge in [0.25, 0.3) is 0 Å². The van der Waals surface area contributed by atoms with Gasteiger partial charge in [0.2, 0.25) is 0 Å². The second-order valence-corrected chi connectivity index (χ2v) is 5.43. The van der Waals surface area contributed by atoms with E-state index in [2.05, 4.69) is 38.9 Å². The highest BCUT2D eigenvalue weighted by Gasteiger charge is 2.17. The van der Waals surface area contributed by atoms with Crippen molar-refractivity contribution < 1.29 is 0 Å². The van der Waals surface area contributed by atoms with Crippen LogP contribution in [0.25, 0.3) is 5.69 Å². The van der Waals surface area contributed by atoms with E-state index >= 15 is 0 Å². The van der Waals surface area contributed by atoms with E-state index < -0.39 is 0 Å². The number of rotatable bonds is 1. The Morgan fingerprint density at radius 1 is 1.24 bits per heavy atom. The summed E-state index contributed by atoms with van der Waals surface area (Å²) in [7, 11) is 0. The van der Waals surface area contributed by atoms with Crippen LogP contribution >= 0.6 is 0 Å². The van der Waals surface area contributed by atoms with Crippen LogP contribution < -0.4 is 5.73 Å². The number of benzene rings is 1. The highest BCUT2D eigenvalue weighted by Crippen LogP contribution is 2.30. The molecule has 0 saturated heterocycles. The summed E-state index contributed by atoms with van der Waals surface area (Å²) in [6, 6.07) is 6.13. The van der Waals surface area contributed by atoms with Gasteiger partial charge in [0.1, 0.15) is 0 Å². The number of nitrogen functional groups attached to an aromatic ring is 1. The molecule has 0 unspecified atom stereocenters. The Balaban J connectivity index is 2.58. The molecule has 0 amide bonds. The highest BCUT2D eigenvalue weighted by atomic mass is 15.3. The fourth-order valence-corrected chi connectivity index (χ4v) is 1.95. The molecule has 3 nitrogen and oxygen atoms in total. The predicted octanol–water partition coefficient (Wildman–Crippen LogP) is 3.06. The Morgan fingerprint density at radius 3 is 2.41 bits per heavy atom. The largest absolute Gasteiger partial charge is 0.397 e. The van der Waals surface area contributed by atoms with E-state index in [-0.39, 0.29) is 5.41 Å². The van der Waals surface area contributed by atoms with Gasteiger partial charge in [-0.2, -0.15) is 5.10 Å². The molecule has 1 aromatic heterocycles. The quantitative estimate of drug-likeness (QED) is 0.764. The number of hydrogen-bond acceptors (Lipinski definition) is 2. The third-order valence-corrected chi connectivity index (χ3v) is 2.93. The van der Waals surface area contributed by atoms with E-state index in [1.165, 1.54) is 5.56 Å². The summed E-state index contributed by atoms with van der Waals surface area (Å²) < 4.78 is 1.82. The molecule has 0 aliphatic carbocycles. The summed E-state index contributed by atoms with van der Waals surface area (Å²) in [6.45, 7) is 8.64. The normalized spacial score (nSPS) is 11.8. The molecule has 0 aliphatic heterocycles. The maximum atomic E-state index is 6.15. The number of anilines is 1. The molecular weight excluding hydrogens is 210 g/mol. The van der Waals surface area contributed by atoms with Crippen molar-refractivity contribution in [3.8, 4) is 5.69 Å². The van der Waals surface area contributed by atoms with Crippen molar-refractivity contribution in [1.29, 1.82) is 0 Å². The first-order valence-electron chi connectivity index (χ1n) is 5.80. The minimum Gasteiger partial charge on any atom is -0.397 e. The zero-order chi connectivity index (χ0) is 12.6. The average molecular weight is 229 g/mol. The topological polar surface area (TPSA) is 43.8 Å². The minimum atomic E-state index is 0.113. The van der Waals surface area contributed by atoms with Crippen molar-refractivity contribution in [3.63, 3.8) is 0 Å². The Bertz CT molecular complexity index is 496. The molecule has 3 heteroatoms. The van der Waals surface area contributed by atoms with E-state index in [0.29, 0.717) is 0 Å².